The average molecular weight is 328 g/mol. The van der Waals surface area contributed by atoms with Gasteiger partial charge < -0.3 is 17.0 Å². The van der Waals surface area contributed by atoms with Gasteiger partial charge in [-0.25, -0.2) is 0 Å². The number of carbonyl (C=O) groups is 1. The Morgan fingerprint density at radius 3 is 2.36 bits per heavy atom. The molecule has 0 aromatic carbocycles. The van der Waals surface area contributed by atoms with Crippen LogP contribution in [0.4, 0.5) is 0 Å². The topological polar surface area (TPSA) is 43.4 Å². The van der Waals surface area contributed by atoms with Crippen molar-refractivity contribution >= 4 is 12.3 Å². The van der Waals surface area contributed by atoms with Gasteiger partial charge in [-0.3, -0.25) is 11.1 Å². The van der Waals surface area contributed by atoms with Crippen molar-refractivity contribution in [2.45, 2.75) is 13.3 Å². The first-order chi connectivity index (χ1) is 4.22. The summed E-state index contributed by atoms with van der Waals surface area (Å²) in [5.41, 5.74) is 0. The molecule has 0 N–H and O–H groups in total. The predicted octanol–water partition coefficient (Wildman–Crippen LogP) is 0.743. The molecular formula is C7H12O3W. The Kier molecular flexibility index (Phi) is 15.2. The minimum atomic E-state index is -0.363. The Balaban J connectivity index is -0.000000320. The van der Waals surface area contributed by atoms with Crippen LogP contribution in [-0.2, 0) is 35.4 Å². The second kappa shape index (κ2) is 9.83. The molecule has 64 valence electrons. The molecule has 0 aromatic rings. The van der Waals surface area contributed by atoms with Crippen molar-refractivity contribution in [1.29, 1.82) is 0 Å². The molecule has 0 aromatic heterocycles. The zero-order valence-corrected chi connectivity index (χ0v) is 9.85. The fraction of sp³-hybridized carbons (Fsp3) is 0.571. The summed E-state index contributed by atoms with van der Waals surface area (Å²) in [7, 11) is 1.30. The minimum absolute atomic E-state index is 0. The quantitative estimate of drug-likeness (QED) is 0.567. The van der Waals surface area contributed by atoms with Gasteiger partial charge in [-0.15, -0.1) is 6.42 Å². The van der Waals surface area contributed by atoms with E-state index in [0.717, 1.165) is 0 Å². The fourth-order valence-electron chi connectivity index (χ4n) is 0.410. The number of hydrogen-bond donors (Lipinski definition) is 0. The summed E-state index contributed by atoms with van der Waals surface area (Å²) in [5, 5.41) is 0. The van der Waals surface area contributed by atoms with Gasteiger partial charge in [0.05, 0.1) is 7.11 Å². The van der Waals surface area contributed by atoms with E-state index >= 15 is 0 Å². The van der Waals surface area contributed by atoms with Gasteiger partial charge in [0.25, 0.3) is 0 Å². The van der Waals surface area contributed by atoms with E-state index in [2.05, 4.69) is 4.74 Å². The third-order valence-corrected chi connectivity index (χ3v) is 0.993. The van der Waals surface area contributed by atoms with Gasteiger partial charge in [-0.2, -0.15) is 0 Å². The molecule has 0 radical (unpaired) electrons. The zero-order chi connectivity index (χ0) is 7.28. The number of carbonyl (C=O) groups excluding carboxylic acids is 2. The summed E-state index contributed by atoms with van der Waals surface area (Å²) in [6.07, 6.45) is 1.75. The second-order valence-electron chi connectivity index (χ2n) is 1.77. The summed E-state index contributed by atoms with van der Waals surface area (Å²) in [6, 6.07) is 0. The van der Waals surface area contributed by atoms with Crippen LogP contribution < -0.4 is 0 Å². The number of hydrogen-bond acceptors (Lipinski definition) is 3. The molecule has 4 heteroatoms. The molecule has 0 aliphatic heterocycles. The summed E-state index contributed by atoms with van der Waals surface area (Å²) in [6.45, 7) is 1.62. The summed E-state index contributed by atoms with van der Waals surface area (Å²) >= 11 is 0. The van der Waals surface area contributed by atoms with Crippen LogP contribution in [0.1, 0.15) is 13.3 Å². The van der Waals surface area contributed by atoms with Gasteiger partial charge in [0.2, 0.25) is 0 Å². The maximum Gasteiger partial charge on any atom is 2.00 e. The van der Waals surface area contributed by atoms with Crippen molar-refractivity contribution in [2.24, 2.45) is 5.92 Å². The molecule has 0 saturated heterocycles. The third-order valence-electron chi connectivity index (χ3n) is 0.993. The Morgan fingerprint density at radius 1 is 1.64 bits per heavy atom. The number of methoxy groups -OCH3 is 1. The van der Waals surface area contributed by atoms with Gasteiger partial charge in [-0.05, 0) is 0 Å². The molecule has 0 saturated carbocycles. The largest absolute Gasteiger partial charge is 2.00 e. The molecule has 1 unspecified atom stereocenters. The van der Waals surface area contributed by atoms with Crippen molar-refractivity contribution in [3.8, 4) is 0 Å². The Labute approximate surface area is 81.8 Å². The summed E-state index contributed by atoms with van der Waals surface area (Å²) in [4.78, 5) is 20.2. The van der Waals surface area contributed by atoms with Crippen LogP contribution in [0.15, 0.2) is 0 Å². The molecule has 0 aliphatic rings. The molecule has 1 atom stereocenters. The SMILES string of the molecule is COC(=O)C(C)C[C-]=O.[CH3-].[W+2]. The average Bonchev–Trinajstić information content (AvgIpc) is 1.87. The Bertz CT molecular complexity index is 114. The van der Waals surface area contributed by atoms with Gasteiger partial charge >= 0.3 is 27.0 Å². The van der Waals surface area contributed by atoms with Gasteiger partial charge in [0.15, 0.2) is 0 Å². The van der Waals surface area contributed by atoms with Crippen molar-refractivity contribution in [3.05, 3.63) is 7.43 Å². The van der Waals surface area contributed by atoms with Crippen molar-refractivity contribution in [3.63, 3.8) is 0 Å². The van der Waals surface area contributed by atoms with Crippen molar-refractivity contribution in [2.75, 3.05) is 7.11 Å². The van der Waals surface area contributed by atoms with Crippen molar-refractivity contribution in [1.82, 2.24) is 0 Å². The first kappa shape index (κ1) is 17.1. The van der Waals surface area contributed by atoms with Crippen LogP contribution in [0.5, 0.6) is 0 Å². The van der Waals surface area contributed by atoms with E-state index in [4.69, 9.17) is 0 Å². The van der Waals surface area contributed by atoms with E-state index in [0.29, 0.717) is 0 Å². The molecule has 0 spiro atoms. The molecule has 0 aliphatic carbocycles. The Hall–Kier alpha value is -0.172. The normalized spacial score (nSPS) is 10.0. The van der Waals surface area contributed by atoms with E-state index in [9.17, 15) is 9.59 Å². The molecule has 3 nitrogen and oxygen atoms in total. The number of rotatable bonds is 3. The van der Waals surface area contributed by atoms with Crippen LogP contribution in [0.25, 0.3) is 0 Å². The second-order valence-corrected chi connectivity index (χ2v) is 1.77. The molecule has 11 heavy (non-hydrogen) atoms. The molecule has 0 rings (SSSR count). The monoisotopic (exact) mass is 328 g/mol. The van der Waals surface area contributed by atoms with Crippen LogP contribution >= 0.6 is 0 Å². The maximum absolute atomic E-state index is 10.5. The molecule has 0 heterocycles. The van der Waals surface area contributed by atoms with E-state index in [1.807, 2.05) is 0 Å². The number of ether oxygens (including phenoxy) is 1. The molecule has 0 amide bonds. The number of esters is 1. The van der Waals surface area contributed by atoms with E-state index in [-0.39, 0.29) is 46.8 Å². The van der Waals surface area contributed by atoms with Crippen LogP contribution in [0.3, 0.4) is 0 Å². The van der Waals surface area contributed by atoms with Gasteiger partial charge in [-0.1, -0.05) is 6.92 Å². The third kappa shape index (κ3) is 7.73. The van der Waals surface area contributed by atoms with E-state index < -0.39 is 0 Å². The van der Waals surface area contributed by atoms with Crippen LogP contribution in [0, 0.1) is 13.3 Å². The first-order valence-electron chi connectivity index (χ1n) is 2.65. The summed E-state index contributed by atoms with van der Waals surface area (Å²) in [5.74, 6) is -0.717. The molecule has 0 fully saturated rings. The first-order valence-corrected chi connectivity index (χ1v) is 2.65. The maximum atomic E-state index is 10.5. The smallest absolute Gasteiger partial charge is 0.542 e. The van der Waals surface area contributed by atoms with Gasteiger partial charge in [0.1, 0.15) is 0 Å². The van der Waals surface area contributed by atoms with Crippen LogP contribution in [-0.4, -0.2) is 19.4 Å². The molecule has 0 bridgehead atoms. The van der Waals surface area contributed by atoms with E-state index in [1.165, 1.54) is 7.11 Å². The van der Waals surface area contributed by atoms with Crippen molar-refractivity contribution < 1.29 is 35.4 Å². The van der Waals surface area contributed by atoms with E-state index in [1.54, 1.807) is 13.2 Å². The minimum Gasteiger partial charge on any atom is -0.542 e. The standard InChI is InChI=1S/C6H9O3.CH3.W/c1-5(3-4-7)6(8)9-2;;/h5H,3H2,1-2H3;1H3;/q2*-1;+2. The summed E-state index contributed by atoms with van der Waals surface area (Å²) < 4.78 is 4.35. The van der Waals surface area contributed by atoms with Gasteiger partial charge in [0, 0.05) is 5.92 Å². The predicted molar refractivity (Wildman–Crippen MR) is 37.9 cm³/mol. The molecular weight excluding hydrogens is 316 g/mol. The Morgan fingerprint density at radius 2 is 2.09 bits per heavy atom. The fourth-order valence-corrected chi connectivity index (χ4v) is 0.410. The zero-order valence-electron chi connectivity index (χ0n) is 6.92. The van der Waals surface area contributed by atoms with Crippen LogP contribution in [0.2, 0.25) is 0 Å².